The lowest BCUT2D eigenvalue weighted by Gasteiger charge is -2.23. The van der Waals surface area contributed by atoms with E-state index in [0.717, 1.165) is 12.5 Å². The molecule has 1 atom stereocenters. The van der Waals surface area contributed by atoms with Gasteiger partial charge in [-0.3, -0.25) is 4.18 Å². The van der Waals surface area contributed by atoms with Gasteiger partial charge >= 0.3 is 6.09 Å². The van der Waals surface area contributed by atoms with Crippen LogP contribution in [0.5, 0.6) is 0 Å². The zero-order valence-corrected chi connectivity index (χ0v) is 13.1. The maximum Gasteiger partial charge on any atom is 0.408 e. The molecule has 0 aromatic carbocycles. The summed E-state index contributed by atoms with van der Waals surface area (Å²) < 4.78 is 31.8. The second-order valence-corrected chi connectivity index (χ2v) is 7.00. The van der Waals surface area contributed by atoms with Gasteiger partial charge in [0.1, 0.15) is 5.60 Å². The van der Waals surface area contributed by atoms with E-state index in [-0.39, 0.29) is 5.92 Å². The van der Waals surface area contributed by atoms with Crippen LogP contribution >= 0.6 is 0 Å². The normalized spacial score (nSPS) is 14.7. The topological polar surface area (TPSA) is 81.7 Å². The Labute approximate surface area is 115 Å². The molecule has 0 bridgehead atoms. The summed E-state index contributed by atoms with van der Waals surface area (Å²) in [5.41, 5.74) is -0.603. The highest BCUT2D eigenvalue weighted by molar-refractivity contribution is 7.89. The Bertz CT molecular complexity index is 420. The average molecular weight is 293 g/mol. The van der Waals surface area contributed by atoms with Crippen LogP contribution < -0.4 is 5.32 Å². The molecule has 112 valence electrons. The summed E-state index contributed by atoms with van der Waals surface area (Å²) in [5.74, 6) is 0.0100. The van der Waals surface area contributed by atoms with Crippen molar-refractivity contribution in [1.82, 2.24) is 5.32 Å². The molecule has 19 heavy (non-hydrogen) atoms. The minimum absolute atomic E-state index is 0.0100. The van der Waals surface area contributed by atoms with Gasteiger partial charge in [-0.2, -0.15) is 8.42 Å². The van der Waals surface area contributed by atoms with Crippen molar-refractivity contribution in [3.63, 3.8) is 0 Å². The van der Waals surface area contributed by atoms with E-state index >= 15 is 0 Å². The highest BCUT2D eigenvalue weighted by Crippen LogP contribution is 2.10. The van der Waals surface area contributed by atoms with Gasteiger partial charge in [0.15, 0.2) is 0 Å². The number of rotatable bonds is 5. The monoisotopic (exact) mass is 293 g/mol. The third-order valence-corrected chi connectivity index (χ3v) is 3.04. The minimum atomic E-state index is -3.69. The number of carbonyl (C=O) groups is 1. The van der Waals surface area contributed by atoms with E-state index < -0.39 is 27.9 Å². The second kappa shape index (κ2) is 6.91. The van der Waals surface area contributed by atoms with Crippen LogP contribution in [-0.4, -0.2) is 33.3 Å². The number of hydrogen-bond acceptors (Lipinski definition) is 5. The molecule has 0 heterocycles. The average Bonchev–Trinajstić information content (AvgIpc) is 2.21. The van der Waals surface area contributed by atoms with Gasteiger partial charge in [-0.1, -0.05) is 13.8 Å². The molecular weight excluding hydrogens is 270 g/mol. The number of amides is 1. The fraction of sp³-hybridized carbons (Fsp3) is 0.750. The Kier molecular flexibility index (Phi) is 6.51. The number of carbonyl (C=O) groups excluding carboxylic acids is 1. The maximum absolute atomic E-state index is 11.6. The molecule has 6 nitrogen and oxygen atoms in total. The molecule has 1 N–H and O–H groups in total. The Balaban J connectivity index is 4.74. The van der Waals surface area contributed by atoms with Crippen molar-refractivity contribution in [3.8, 4) is 0 Å². The first-order valence-electron chi connectivity index (χ1n) is 5.95. The Morgan fingerprint density at radius 1 is 1.26 bits per heavy atom. The van der Waals surface area contributed by atoms with E-state index in [4.69, 9.17) is 4.74 Å². The van der Waals surface area contributed by atoms with Gasteiger partial charge in [0, 0.05) is 0 Å². The summed E-state index contributed by atoms with van der Waals surface area (Å²) in [6.45, 7) is 8.96. The van der Waals surface area contributed by atoms with E-state index in [1.165, 1.54) is 6.08 Å². The van der Waals surface area contributed by atoms with Crippen molar-refractivity contribution in [1.29, 1.82) is 0 Å². The Morgan fingerprint density at radius 2 is 1.79 bits per heavy atom. The van der Waals surface area contributed by atoms with Crippen molar-refractivity contribution >= 4 is 16.2 Å². The molecule has 0 radical (unpaired) electrons. The summed E-state index contributed by atoms with van der Waals surface area (Å²) in [6, 6.07) is -0.459. The largest absolute Gasteiger partial charge is 0.444 e. The molecular formula is C12H23NO5S. The Hall–Kier alpha value is -1.08. The highest BCUT2D eigenvalue weighted by atomic mass is 32.2. The second-order valence-electron chi connectivity index (χ2n) is 5.40. The highest BCUT2D eigenvalue weighted by Gasteiger charge is 2.20. The Morgan fingerprint density at radius 3 is 2.16 bits per heavy atom. The van der Waals surface area contributed by atoms with Crippen molar-refractivity contribution in [2.24, 2.45) is 5.92 Å². The zero-order chi connectivity index (χ0) is 15.3. The summed E-state index contributed by atoms with van der Waals surface area (Å²) >= 11 is 0. The van der Waals surface area contributed by atoms with Crippen molar-refractivity contribution in [2.45, 2.75) is 46.3 Å². The maximum atomic E-state index is 11.6. The lowest BCUT2D eigenvalue weighted by Crippen LogP contribution is -2.40. The van der Waals surface area contributed by atoms with E-state index in [1.54, 1.807) is 20.8 Å². The molecule has 0 rings (SSSR count). The molecule has 0 spiro atoms. The van der Waals surface area contributed by atoms with Crippen LogP contribution in [0.3, 0.4) is 0 Å². The van der Waals surface area contributed by atoms with Crippen LogP contribution in [0.2, 0.25) is 0 Å². The van der Waals surface area contributed by atoms with Gasteiger partial charge in [-0.25, -0.2) is 4.79 Å². The van der Waals surface area contributed by atoms with Crippen LogP contribution in [0.1, 0.15) is 34.6 Å². The lowest BCUT2D eigenvalue weighted by molar-refractivity contribution is 0.0504. The zero-order valence-electron chi connectivity index (χ0n) is 12.3. The van der Waals surface area contributed by atoms with Gasteiger partial charge in [-0.05, 0) is 32.8 Å². The molecule has 0 saturated heterocycles. The predicted octanol–water partition coefficient (Wildman–Crippen LogP) is 2.03. The number of nitrogens with one attached hydrogen (secondary N) is 1. The number of ether oxygens (including phenoxy) is 1. The summed E-state index contributed by atoms with van der Waals surface area (Å²) in [6.07, 6.45) is 0.776. The van der Waals surface area contributed by atoms with Gasteiger partial charge in [-0.15, -0.1) is 0 Å². The third-order valence-electron chi connectivity index (χ3n) is 2.09. The van der Waals surface area contributed by atoms with Gasteiger partial charge in [0.25, 0.3) is 10.1 Å². The molecule has 0 aromatic rings. The first-order valence-corrected chi connectivity index (χ1v) is 7.42. The standard InChI is InChI=1S/C12H23NO5S/c1-9(2)10(7-8-19(15,16)17-6)13-11(14)18-12(3,4)5/h7-10H,1-6H3,(H,13,14)/b8-7+. The van der Waals surface area contributed by atoms with Gasteiger partial charge < -0.3 is 10.1 Å². The van der Waals surface area contributed by atoms with E-state index in [9.17, 15) is 13.2 Å². The molecule has 1 unspecified atom stereocenters. The summed E-state index contributed by atoms with van der Waals surface area (Å²) in [5, 5.41) is 3.53. The van der Waals surface area contributed by atoms with Crippen LogP contribution in [0, 0.1) is 5.92 Å². The quantitative estimate of drug-likeness (QED) is 0.784. The van der Waals surface area contributed by atoms with Crippen molar-refractivity contribution in [3.05, 3.63) is 11.5 Å². The minimum Gasteiger partial charge on any atom is -0.444 e. The van der Waals surface area contributed by atoms with Crippen LogP contribution in [0.25, 0.3) is 0 Å². The fourth-order valence-electron chi connectivity index (χ4n) is 1.12. The van der Waals surface area contributed by atoms with E-state index in [2.05, 4.69) is 9.50 Å². The predicted molar refractivity (Wildman–Crippen MR) is 73.1 cm³/mol. The lowest BCUT2D eigenvalue weighted by atomic mass is 10.1. The smallest absolute Gasteiger partial charge is 0.408 e. The molecule has 0 aromatic heterocycles. The SMILES string of the molecule is COS(=O)(=O)/C=C/C(NC(=O)OC(C)(C)C)C(C)C. The van der Waals surface area contributed by atoms with Gasteiger partial charge in [0.2, 0.25) is 0 Å². The molecule has 0 fully saturated rings. The van der Waals surface area contributed by atoms with Gasteiger partial charge in [0.05, 0.1) is 18.6 Å². The summed E-state index contributed by atoms with van der Waals surface area (Å²) in [7, 11) is -2.62. The van der Waals surface area contributed by atoms with Crippen LogP contribution in [0.4, 0.5) is 4.79 Å². The first kappa shape index (κ1) is 17.9. The van der Waals surface area contributed by atoms with E-state index in [1.807, 2.05) is 13.8 Å². The molecule has 0 aliphatic rings. The van der Waals surface area contributed by atoms with Crippen LogP contribution in [0.15, 0.2) is 11.5 Å². The summed E-state index contributed by atoms with van der Waals surface area (Å²) in [4.78, 5) is 11.6. The molecule has 0 saturated carbocycles. The van der Waals surface area contributed by atoms with E-state index in [0.29, 0.717) is 0 Å². The molecule has 0 aliphatic carbocycles. The third kappa shape index (κ3) is 8.61. The number of alkyl carbamates (subject to hydrolysis) is 1. The fourth-order valence-corrected chi connectivity index (χ4v) is 1.59. The molecule has 1 amide bonds. The van der Waals surface area contributed by atoms with Crippen molar-refractivity contribution in [2.75, 3.05) is 7.11 Å². The molecule has 0 aliphatic heterocycles. The van der Waals surface area contributed by atoms with Crippen molar-refractivity contribution < 1.29 is 22.1 Å². The number of hydrogen-bond donors (Lipinski definition) is 1. The first-order chi connectivity index (χ1) is 8.47. The molecule has 7 heteroatoms. The van der Waals surface area contributed by atoms with Crippen LogP contribution in [-0.2, 0) is 19.0 Å².